The molecule has 1 aliphatic heterocycles. The Morgan fingerprint density at radius 2 is 0.703 bits per heavy atom. The highest BCUT2D eigenvalue weighted by molar-refractivity contribution is 4.94. The third kappa shape index (κ3) is 43.4. The maximum Gasteiger partial charge on any atom is 0.0919 e. The van der Waals surface area contributed by atoms with Gasteiger partial charge in [0.05, 0.1) is 24.7 Å². The average Bonchev–Trinajstić information content (AvgIpc) is 3.30. The van der Waals surface area contributed by atoms with E-state index in [4.69, 9.17) is 9.47 Å². The Bertz CT molecular complexity index is 983. The second-order valence-corrected chi connectivity index (χ2v) is 21.0. The smallest absolute Gasteiger partial charge is 0.0919 e. The molecule has 1 fully saturated rings. The number of ether oxygens (including phenoxy) is 2. The van der Waals surface area contributed by atoms with Gasteiger partial charge in [0.2, 0.25) is 0 Å². The lowest BCUT2D eigenvalue weighted by molar-refractivity contribution is 0.160. The molecule has 0 saturated carbocycles. The van der Waals surface area contributed by atoms with E-state index in [1.54, 1.807) is 0 Å². The first-order chi connectivity index (χ1) is 31.6. The van der Waals surface area contributed by atoms with Crippen LogP contribution in [0.15, 0.2) is 36.8 Å². The Kier molecular flexibility index (Phi) is 47.2. The van der Waals surface area contributed by atoms with E-state index in [2.05, 4.69) is 38.9 Å². The Morgan fingerprint density at radius 1 is 0.391 bits per heavy atom. The molecule has 0 aromatic rings. The molecule has 0 aromatic heterocycles. The molecule has 0 amide bonds. The minimum Gasteiger partial charge on any atom is -0.499 e. The topological polar surface area (TPSA) is 30.5 Å². The molecule has 3 heteroatoms. The highest BCUT2D eigenvalue weighted by Crippen LogP contribution is 2.26. The second kappa shape index (κ2) is 49.7. The van der Waals surface area contributed by atoms with Crippen LogP contribution in [0.3, 0.4) is 0 Å². The Hall–Kier alpha value is -1.22. The van der Waals surface area contributed by atoms with Crippen molar-refractivity contribution in [3.05, 3.63) is 36.8 Å². The molecule has 1 rings (SSSR count). The molecule has 1 N–H and O–H groups in total. The summed E-state index contributed by atoms with van der Waals surface area (Å²) in [5, 5.41) is 3.44. The Labute approximate surface area is 403 Å². The van der Waals surface area contributed by atoms with Crippen LogP contribution < -0.4 is 5.32 Å². The van der Waals surface area contributed by atoms with E-state index in [0.717, 1.165) is 50.2 Å². The van der Waals surface area contributed by atoms with Gasteiger partial charge in [-0.3, -0.25) is 0 Å². The molecule has 3 nitrogen and oxygen atoms in total. The van der Waals surface area contributed by atoms with Gasteiger partial charge in [0.15, 0.2) is 0 Å². The maximum atomic E-state index is 5.99. The molecular formula is C61H117NO2. The summed E-state index contributed by atoms with van der Waals surface area (Å²) in [6.07, 6.45) is 64.8. The van der Waals surface area contributed by atoms with Gasteiger partial charge >= 0.3 is 0 Å². The Balaban J connectivity index is 2.14. The third-order valence-corrected chi connectivity index (χ3v) is 14.7. The zero-order chi connectivity index (χ0) is 46.1. The van der Waals surface area contributed by atoms with Crippen molar-refractivity contribution >= 4 is 0 Å². The van der Waals surface area contributed by atoms with Gasteiger partial charge in [0.1, 0.15) is 0 Å². The third-order valence-electron chi connectivity index (χ3n) is 14.7. The molecule has 0 aromatic carbocycles. The molecule has 1 unspecified atom stereocenters. The number of hydrogen-bond donors (Lipinski definition) is 1. The minimum absolute atomic E-state index is 0.575. The number of rotatable bonds is 53. The van der Waals surface area contributed by atoms with Gasteiger partial charge in [-0.25, -0.2) is 0 Å². The zero-order valence-electron chi connectivity index (χ0n) is 44.2. The SMILES string of the molecule is C=C(CCCCCCCCCC)CCCCCCCCCC(CCCCCCCCCCCCCOC(=C)C1CCNCC1)CCCCCCCCC(=C)OCCCCCCCCC. The number of unbranched alkanes of at least 4 members (excludes halogenated alkanes) is 34. The van der Waals surface area contributed by atoms with Gasteiger partial charge in [0.25, 0.3) is 0 Å². The second-order valence-electron chi connectivity index (χ2n) is 21.0. The fourth-order valence-electron chi connectivity index (χ4n) is 10.2. The van der Waals surface area contributed by atoms with Crippen molar-refractivity contribution in [2.24, 2.45) is 11.8 Å². The lowest BCUT2D eigenvalue weighted by atomic mass is 9.89. The lowest BCUT2D eigenvalue weighted by Crippen LogP contribution is -2.29. The van der Waals surface area contributed by atoms with Crippen molar-refractivity contribution < 1.29 is 9.47 Å². The summed E-state index contributed by atoms with van der Waals surface area (Å²) in [5.41, 5.74) is 1.52. The van der Waals surface area contributed by atoms with Crippen molar-refractivity contribution in [2.45, 2.75) is 316 Å². The summed E-state index contributed by atoms with van der Waals surface area (Å²) < 4.78 is 11.9. The summed E-state index contributed by atoms with van der Waals surface area (Å²) >= 11 is 0. The van der Waals surface area contributed by atoms with Crippen LogP contribution in [0.2, 0.25) is 0 Å². The van der Waals surface area contributed by atoms with E-state index in [0.29, 0.717) is 5.92 Å². The maximum absolute atomic E-state index is 5.99. The summed E-state index contributed by atoms with van der Waals surface area (Å²) in [6.45, 7) is 21.4. The summed E-state index contributed by atoms with van der Waals surface area (Å²) in [6, 6.07) is 0. The molecule has 1 heterocycles. The molecule has 1 aliphatic rings. The van der Waals surface area contributed by atoms with Gasteiger partial charge < -0.3 is 14.8 Å². The van der Waals surface area contributed by atoms with Gasteiger partial charge in [0, 0.05) is 12.3 Å². The van der Waals surface area contributed by atoms with Crippen LogP contribution >= 0.6 is 0 Å². The van der Waals surface area contributed by atoms with Crippen molar-refractivity contribution in [1.82, 2.24) is 5.32 Å². The van der Waals surface area contributed by atoms with Gasteiger partial charge in [-0.2, -0.15) is 0 Å². The van der Waals surface area contributed by atoms with Crippen molar-refractivity contribution in [1.29, 1.82) is 0 Å². The van der Waals surface area contributed by atoms with E-state index < -0.39 is 0 Å². The van der Waals surface area contributed by atoms with E-state index in [1.165, 1.54) is 301 Å². The van der Waals surface area contributed by atoms with Gasteiger partial charge in [-0.1, -0.05) is 277 Å². The van der Waals surface area contributed by atoms with Crippen LogP contribution in [-0.2, 0) is 9.47 Å². The van der Waals surface area contributed by atoms with Crippen molar-refractivity contribution in [2.75, 3.05) is 26.3 Å². The van der Waals surface area contributed by atoms with E-state index in [9.17, 15) is 0 Å². The molecular weight excluding hydrogens is 779 g/mol. The molecule has 64 heavy (non-hydrogen) atoms. The zero-order valence-corrected chi connectivity index (χ0v) is 44.2. The number of piperidine rings is 1. The minimum atomic E-state index is 0.575. The molecule has 1 atom stereocenters. The van der Waals surface area contributed by atoms with Crippen molar-refractivity contribution in [3.8, 4) is 0 Å². The molecule has 0 bridgehead atoms. The largest absolute Gasteiger partial charge is 0.499 e. The normalized spacial score (nSPS) is 13.7. The summed E-state index contributed by atoms with van der Waals surface area (Å²) in [7, 11) is 0. The number of nitrogens with one attached hydrogen (secondary N) is 1. The standard InChI is InChI=1S/C61H117NO2/c1-6-8-10-12-14-21-29-37-45-57(3)46-38-30-22-20-24-33-41-49-60(50-42-34-26-25-31-39-47-58(4)63-55-43-35-27-13-11-9-7-2)48-40-32-23-18-16-15-17-19-28-36-44-56-64-59(5)61-51-53-62-54-52-61/h60-62H,3-56H2,1-2H3. The Morgan fingerprint density at radius 3 is 1.09 bits per heavy atom. The number of allylic oxidation sites excluding steroid dienone is 3. The quantitative estimate of drug-likeness (QED) is 0.0375. The fourth-order valence-corrected chi connectivity index (χ4v) is 10.2. The highest BCUT2D eigenvalue weighted by Gasteiger charge is 2.17. The van der Waals surface area contributed by atoms with Gasteiger partial charge in [-0.05, 0) is 76.8 Å². The monoisotopic (exact) mass is 896 g/mol. The summed E-state index contributed by atoms with van der Waals surface area (Å²) in [5.74, 6) is 3.61. The molecule has 0 radical (unpaired) electrons. The van der Waals surface area contributed by atoms with Crippen LogP contribution in [0.5, 0.6) is 0 Å². The first kappa shape index (κ1) is 60.8. The number of hydrogen-bond acceptors (Lipinski definition) is 3. The van der Waals surface area contributed by atoms with Crippen LogP contribution in [-0.4, -0.2) is 26.3 Å². The fraction of sp³-hybridized carbons (Fsp3) is 0.902. The first-order valence-corrected chi connectivity index (χ1v) is 29.6. The van der Waals surface area contributed by atoms with E-state index >= 15 is 0 Å². The summed E-state index contributed by atoms with van der Waals surface area (Å²) in [4.78, 5) is 0. The highest BCUT2D eigenvalue weighted by atomic mass is 16.5. The first-order valence-electron chi connectivity index (χ1n) is 29.6. The molecule has 378 valence electrons. The molecule has 0 spiro atoms. The van der Waals surface area contributed by atoms with Crippen LogP contribution in [0, 0.1) is 11.8 Å². The molecule has 0 aliphatic carbocycles. The van der Waals surface area contributed by atoms with Crippen molar-refractivity contribution in [3.63, 3.8) is 0 Å². The predicted molar refractivity (Wildman–Crippen MR) is 288 cm³/mol. The predicted octanol–water partition coefficient (Wildman–Crippen LogP) is 20.8. The van der Waals surface area contributed by atoms with Crippen LogP contribution in [0.25, 0.3) is 0 Å². The van der Waals surface area contributed by atoms with E-state index in [-0.39, 0.29) is 0 Å². The molecule has 1 saturated heterocycles. The average molecular weight is 897 g/mol. The van der Waals surface area contributed by atoms with Crippen LogP contribution in [0.1, 0.15) is 316 Å². The van der Waals surface area contributed by atoms with E-state index in [1.807, 2.05) is 0 Å². The van der Waals surface area contributed by atoms with Gasteiger partial charge in [-0.15, -0.1) is 0 Å². The lowest BCUT2D eigenvalue weighted by Gasteiger charge is -2.24. The van der Waals surface area contributed by atoms with Crippen LogP contribution in [0.4, 0.5) is 0 Å².